The van der Waals surface area contributed by atoms with Crippen LogP contribution in [-0.4, -0.2) is 17.6 Å². The van der Waals surface area contributed by atoms with E-state index < -0.39 is 6.10 Å². The molecule has 1 rings (SSSR count). The number of aryl methyl sites for hydroxylation is 1. The molecule has 0 aliphatic carbocycles. The molecule has 2 atom stereocenters. The fourth-order valence-corrected chi connectivity index (χ4v) is 1.80. The zero-order valence-electron chi connectivity index (χ0n) is 13.3. The molecule has 0 aliphatic heterocycles. The first-order valence-corrected chi connectivity index (χ1v) is 6.95. The van der Waals surface area contributed by atoms with E-state index in [1.165, 1.54) is 0 Å². The average molecular weight is 278 g/mol. The number of amides is 1. The van der Waals surface area contributed by atoms with Crippen molar-refractivity contribution in [1.82, 2.24) is 5.32 Å². The molecule has 3 N–H and O–H groups in total. The van der Waals surface area contributed by atoms with Crippen LogP contribution < -0.4 is 15.8 Å². The fraction of sp³-hybridized carbons (Fsp3) is 0.562. The Morgan fingerprint density at radius 1 is 1.30 bits per heavy atom. The predicted octanol–water partition coefficient (Wildman–Crippen LogP) is 2.70. The fourth-order valence-electron chi connectivity index (χ4n) is 1.80. The number of nitrogens with one attached hydrogen (secondary N) is 1. The highest BCUT2D eigenvalue weighted by atomic mass is 16.5. The Balaban J connectivity index is 2.76. The summed E-state index contributed by atoms with van der Waals surface area (Å²) in [6.45, 7) is 11.5. The molecule has 0 aliphatic rings. The van der Waals surface area contributed by atoms with Crippen LogP contribution in [0.25, 0.3) is 0 Å². The molecule has 0 saturated carbocycles. The molecule has 0 fully saturated rings. The normalized spacial score (nSPS) is 14.6. The van der Waals surface area contributed by atoms with Crippen LogP contribution in [0.3, 0.4) is 0 Å². The van der Waals surface area contributed by atoms with Crippen molar-refractivity contribution in [2.75, 3.05) is 0 Å². The van der Waals surface area contributed by atoms with E-state index in [2.05, 4.69) is 5.32 Å². The number of nitrogens with two attached hydrogens (primary N) is 1. The molecule has 0 spiro atoms. The number of rotatable bonds is 4. The largest absolute Gasteiger partial charge is 0.481 e. The molecule has 1 amide bonds. The third-order valence-electron chi connectivity index (χ3n) is 2.90. The van der Waals surface area contributed by atoms with Gasteiger partial charge in [-0.3, -0.25) is 4.79 Å². The van der Waals surface area contributed by atoms with E-state index >= 15 is 0 Å². The van der Waals surface area contributed by atoms with Crippen molar-refractivity contribution in [3.05, 3.63) is 29.3 Å². The van der Waals surface area contributed by atoms with E-state index in [0.717, 1.165) is 11.1 Å². The number of hydrogen-bond donors (Lipinski definition) is 2. The number of benzene rings is 1. The molecule has 0 bridgehead atoms. The summed E-state index contributed by atoms with van der Waals surface area (Å²) in [5.41, 5.74) is 7.62. The van der Waals surface area contributed by atoms with Crippen molar-refractivity contribution >= 4 is 5.91 Å². The SMILES string of the molecule is Cc1cc([C@@H](C)N)ccc1OC(C)C(=O)NC(C)(C)C. The summed E-state index contributed by atoms with van der Waals surface area (Å²) < 4.78 is 5.73. The molecule has 4 heteroatoms. The van der Waals surface area contributed by atoms with Crippen LogP contribution in [0.1, 0.15) is 51.8 Å². The molecule has 0 aromatic heterocycles. The Kier molecular flexibility index (Phi) is 5.17. The predicted molar refractivity (Wildman–Crippen MR) is 81.8 cm³/mol. The van der Waals surface area contributed by atoms with Gasteiger partial charge in [0.2, 0.25) is 0 Å². The van der Waals surface area contributed by atoms with E-state index in [4.69, 9.17) is 10.5 Å². The summed E-state index contributed by atoms with van der Waals surface area (Å²) in [7, 11) is 0. The molecule has 4 nitrogen and oxygen atoms in total. The van der Waals surface area contributed by atoms with Crippen LogP contribution in [0.2, 0.25) is 0 Å². The first kappa shape index (κ1) is 16.5. The number of carbonyl (C=O) groups is 1. The first-order valence-electron chi connectivity index (χ1n) is 6.95. The van der Waals surface area contributed by atoms with Gasteiger partial charge in [0.25, 0.3) is 5.91 Å². The second kappa shape index (κ2) is 6.27. The van der Waals surface area contributed by atoms with Gasteiger partial charge in [0.05, 0.1) is 0 Å². The van der Waals surface area contributed by atoms with Crippen LogP contribution in [0.4, 0.5) is 0 Å². The van der Waals surface area contributed by atoms with Gasteiger partial charge in [-0.25, -0.2) is 0 Å². The van der Waals surface area contributed by atoms with Crippen LogP contribution in [-0.2, 0) is 4.79 Å². The topological polar surface area (TPSA) is 64.3 Å². The van der Waals surface area contributed by atoms with Gasteiger partial charge in [-0.1, -0.05) is 12.1 Å². The maximum atomic E-state index is 12.0. The molecule has 1 aromatic rings. The van der Waals surface area contributed by atoms with Crippen molar-refractivity contribution in [2.45, 2.75) is 59.2 Å². The lowest BCUT2D eigenvalue weighted by Crippen LogP contribution is -2.46. The smallest absolute Gasteiger partial charge is 0.261 e. The standard InChI is InChI=1S/C16H26N2O2/c1-10-9-13(11(2)17)7-8-14(10)20-12(3)15(19)18-16(4,5)6/h7-9,11-12H,17H2,1-6H3,(H,18,19)/t11-,12?/m1/s1. The van der Waals surface area contributed by atoms with Gasteiger partial charge in [-0.15, -0.1) is 0 Å². The summed E-state index contributed by atoms with van der Waals surface area (Å²) in [6, 6.07) is 5.79. The van der Waals surface area contributed by atoms with Gasteiger partial charge in [0.1, 0.15) is 5.75 Å². The second-order valence-corrected chi connectivity index (χ2v) is 6.31. The number of ether oxygens (including phenoxy) is 1. The van der Waals surface area contributed by atoms with Crippen molar-refractivity contribution in [3.8, 4) is 5.75 Å². The molecule has 0 heterocycles. The van der Waals surface area contributed by atoms with Gasteiger partial charge < -0.3 is 15.8 Å². The minimum Gasteiger partial charge on any atom is -0.481 e. The lowest BCUT2D eigenvalue weighted by Gasteiger charge is -2.24. The molecular weight excluding hydrogens is 252 g/mol. The Labute approximate surface area is 121 Å². The molecule has 20 heavy (non-hydrogen) atoms. The van der Waals surface area contributed by atoms with Gasteiger partial charge in [0, 0.05) is 11.6 Å². The van der Waals surface area contributed by atoms with E-state index in [1.54, 1.807) is 6.92 Å². The van der Waals surface area contributed by atoms with E-state index in [9.17, 15) is 4.79 Å². The van der Waals surface area contributed by atoms with E-state index in [1.807, 2.05) is 52.8 Å². The summed E-state index contributed by atoms with van der Waals surface area (Å²) >= 11 is 0. The van der Waals surface area contributed by atoms with Gasteiger partial charge >= 0.3 is 0 Å². The highest BCUT2D eigenvalue weighted by molar-refractivity contribution is 5.81. The third-order valence-corrected chi connectivity index (χ3v) is 2.90. The molecule has 112 valence electrons. The molecule has 1 unspecified atom stereocenters. The highest BCUT2D eigenvalue weighted by Gasteiger charge is 2.21. The summed E-state index contributed by atoms with van der Waals surface area (Å²) in [5, 5.41) is 2.90. The zero-order valence-corrected chi connectivity index (χ0v) is 13.3. The first-order chi connectivity index (χ1) is 9.10. The minimum absolute atomic E-state index is 0.00985. The van der Waals surface area contributed by atoms with Crippen molar-refractivity contribution in [2.24, 2.45) is 5.73 Å². The molecule has 1 aromatic carbocycles. The van der Waals surface area contributed by atoms with Crippen LogP contribution >= 0.6 is 0 Å². The van der Waals surface area contributed by atoms with E-state index in [-0.39, 0.29) is 17.5 Å². The van der Waals surface area contributed by atoms with Crippen LogP contribution in [0.15, 0.2) is 18.2 Å². The van der Waals surface area contributed by atoms with Crippen molar-refractivity contribution in [3.63, 3.8) is 0 Å². The second-order valence-electron chi connectivity index (χ2n) is 6.31. The van der Waals surface area contributed by atoms with Crippen LogP contribution in [0, 0.1) is 6.92 Å². The van der Waals surface area contributed by atoms with Crippen molar-refractivity contribution in [1.29, 1.82) is 0 Å². The zero-order chi connectivity index (χ0) is 15.5. The lowest BCUT2D eigenvalue weighted by molar-refractivity contribution is -0.128. The maximum absolute atomic E-state index is 12.0. The van der Waals surface area contributed by atoms with Crippen LogP contribution in [0.5, 0.6) is 5.75 Å². The Morgan fingerprint density at radius 3 is 2.35 bits per heavy atom. The Hall–Kier alpha value is -1.55. The number of hydrogen-bond acceptors (Lipinski definition) is 3. The van der Waals surface area contributed by atoms with Gasteiger partial charge in [-0.2, -0.15) is 0 Å². The van der Waals surface area contributed by atoms with E-state index in [0.29, 0.717) is 5.75 Å². The Morgan fingerprint density at radius 2 is 1.90 bits per heavy atom. The van der Waals surface area contributed by atoms with Gasteiger partial charge in [-0.05, 0) is 58.7 Å². The average Bonchev–Trinajstić information content (AvgIpc) is 2.29. The molecule has 0 saturated heterocycles. The Bertz CT molecular complexity index is 476. The minimum atomic E-state index is -0.533. The highest BCUT2D eigenvalue weighted by Crippen LogP contribution is 2.23. The third kappa shape index (κ3) is 4.85. The molecular formula is C16H26N2O2. The summed E-state index contributed by atoms with van der Waals surface area (Å²) in [4.78, 5) is 12.0. The maximum Gasteiger partial charge on any atom is 0.261 e. The quantitative estimate of drug-likeness (QED) is 0.890. The molecule has 0 radical (unpaired) electrons. The number of carbonyl (C=O) groups excluding carboxylic acids is 1. The van der Waals surface area contributed by atoms with Gasteiger partial charge in [0.15, 0.2) is 6.10 Å². The summed E-state index contributed by atoms with van der Waals surface area (Å²) in [6.07, 6.45) is -0.533. The van der Waals surface area contributed by atoms with Crippen molar-refractivity contribution < 1.29 is 9.53 Å². The summed E-state index contributed by atoms with van der Waals surface area (Å²) in [5.74, 6) is 0.596. The monoisotopic (exact) mass is 278 g/mol. The lowest BCUT2D eigenvalue weighted by atomic mass is 10.1.